The Bertz CT molecular complexity index is 674. The Morgan fingerprint density at radius 2 is 1.46 bits per heavy atom. The number of benzene rings is 2. The van der Waals surface area contributed by atoms with Gasteiger partial charge in [-0.1, -0.05) is 60.7 Å². The molecule has 1 unspecified atom stereocenters. The number of hydrogen-bond acceptors (Lipinski definition) is 3. The first-order chi connectivity index (χ1) is 12.8. The van der Waals surface area contributed by atoms with E-state index in [0.717, 1.165) is 32.5 Å². The molecule has 4 nitrogen and oxygen atoms in total. The molecule has 2 aromatic rings. The monoisotopic (exact) mass is 350 g/mol. The second-order valence-electron chi connectivity index (χ2n) is 7.11. The molecule has 0 spiro atoms. The second kappa shape index (κ2) is 8.02. The van der Waals surface area contributed by atoms with Gasteiger partial charge in [0.2, 0.25) is 0 Å². The Kier molecular flexibility index (Phi) is 5.32. The normalized spacial score (nSPS) is 21.3. The lowest BCUT2D eigenvalue weighted by molar-refractivity contribution is -0.149. The Hall–Kier alpha value is -2.17. The largest absolute Gasteiger partial charge is 0.366 e. The summed E-state index contributed by atoms with van der Waals surface area (Å²) in [5.74, 6) is 0.159. The molecule has 1 atom stereocenters. The number of amides is 1. The summed E-state index contributed by atoms with van der Waals surface area (Å²) in [6.07, 6.45) is 1.87. The second-order valence-corrected chi connectivity index (χ2v) is 7.11. The first-order valence-corrected chi connectivity index (χ1v) is 9.57. The highest BCUT2D eigenvalue weighted by atomic mass is 16.5. The maximum absolute atomic E-state index is 12.8. The van der Waals surface area contributed by atoms with Crippen LogP contribution < -0.4 is 0 Å². The molecule has 2 saturated heterocycles. The van der Waals surface area contributed by atoms with Crippen molar-refractivity contribution in [3.05, 3.63) is 71.8 Å². The third-order valence-electron chi connectivity index (χ3n) is 5.39. The minimum Gasteiger partial charge on any atom is -0.366 e. The van der Waals surface area contributed by atoms with E-state index in [2.05, 4.69) is 53.4 Å². The molecule has 0 aromatic heterocycles. The molecule has 0 bridgehead atoms. The highest BCUT2D eigenvalue weighted by Crippen LogP contribution is 2.30. The van der Waals surface area contributed by atoms with Crippen LogP contribution in [0.4, 0.5) is 0 Å². The maximum Gasteiger partial charge on any atom is 0.253 e. The Morgan fingerprint density at radius 3 is 2.04 bits per heavy atom. The van der Waals surface area contributed by atoms with Gasteiger partial charge in [0.25, 0.3) is 5.91 Å². The molecule has 0 N–H and O–H groups in total. The standard InChI is InChI=1S/C22H26N2O2/c25-22(23-13-7-8-14-23)20-17-24(15-16-26-20)21(18-9-3-1-4-10-18)19-11-5-2-6-12-19/h1-6,9-12,20-21H,7-8,13-17H2. The third kappa shape index (κ3) is 3.67. The molecule has 4 heteroatoms. The smallest absolute Gasteiger partial charge is 0.253 e. The first kappa shape index (κ1) is 17.3. The number of hydrogen-bond donors (Lipinski definition) is 0. The molecule has 2 heterocycles. The van der Waals surface area contributed by atoms with E-state index < -0.39 is 0 Å². The van der Waals surface area contributed by atoms with Crippen LogP contribution in [0.2, 0.25) is 0 Å². The maximum atomic E-state index is 12.8. The number of ether oxygens (including phenoxy) is 1. The summed E-state index contributed by atoms with van der Waals surface area (Å²) in [7, 11) is 0. The van der Waals surface area contributed by atoms with Gasteiger partial charge in [-0.3, -0.25) is 9.69 Å². The highest BCUT2D eigenvalue weighted by molar-refractivity contribution is 5.81. The van der Waals surface area contributed by atoms with Gasteiger partial charge < -0.3 is 9.64 Å². The number of morpholine rings is 1. The highest BCUT2D eigenvalue weighted by Gasteiger charge is 2.34. The summed E-state index contributed by atoms with van der Waals surface area (Å²) in [5.41, 5.74) is 2.51. The minimum atomic E-state index is -0.350. The van der Waals surface area contributed by atoms with Gasteiger partial charge in [0.05, 0.1) is 12.6 Å². The Balaban J connectivity index is 1.58. The summed E-state index contributed by atoms with van der Waals surface area (Å²) in [6.45, 7) is 3.82. The van der Waals surface area contributed by atoms with Crippen LogP contribution in [0, 0.1) is 0 Å². The molecule has 2 aromatic carbocycles. The summed E-state index contributed by atoms with van der Waals surface area (Å²) < 4.78 is 5.87. The van der Waals surface area contributed by atoms with Crippen molar-refractivity contribution in [2.45, 2.75) is 25.0 Å². The van der Waals surface area contributed by atoms with Crippen molar-refractivity contribution in [3.8, 4) is 0 Å². The van der Waals surface area contributed by atoms with Crippen molar-refractivity contribution in [2.75, 3.05) is 32.8 Å². The summed E-state index contributed by atoms with van der Waals surface area (Å²) in [6, 6.07) is 21.3. The van der Waals surface area contributed by atoms with Crippen molar-refractivity contribution in [2.24, 2.45) is 0 Å². The van der Waals surface area contributed by atoms with Crippen LogP contribution in [0.25, 0.3) is 0 Å². The zero-order valence-corrected chi connectivity index (χ0v) is 15.1. The van der Waals surface area contributed by atoms with Crippen LogP contribution in [0.3, 0.4) is 0 Å². The van der Waals surface area contributed by atoms with E-state index in [-0.39, 0.29) is 18.1 Å². The number of carbonyl (C=O) groups excluding carboxylic acids is 1. The molecular weight excluding hydrogens is 324 g/mol. The molecule has 136 valence electrons. The summed E-state index contributed by atoms with van der Waals surface area (Å²) in [5, 5.41) is 0. The fourth-order valence-electron chi connectivity index (χ4n) is 4.08. The van der Waals surface area contributed by atoms with Crippen molar-refractivity contribution in [3.63, 3.8) is 0 Å². The van der Waals surface area contributed by atoms with E-state index in [1.165, 1.54) is 11.1 Å². The SMILES string of the molecule is O=C(C1CN(C(c2ccccc2)c2ccccc2)CCO1)N1CCCC1. The first-order valence-electron chi connectivity index (χ1n) is 9.57. The van der Waals surface area contributed by atoms with Gasteiger partial charge in [-0.15, -0.1) is 0 Å². The van der Waals surface area contributed by atoms with Crippen molar-refractivity contribution in [1.82, 2.24) is 9.80 Å². The summed E-state index contributed by atoms with van der Waals surface area (Å²) in [4.78, 5) is 17.2. The topological polar surface area (TPSA) is 32.8 Å². The predicted molar refractivity (Wildman–Crippen MR) is 102 cm³/mol. The molecule has 2 aliphatic heterocycles. The zero-order chi connectivity index (χ0) is 17.8. The van der Waals surface area contributed by atoms with E-state index in [9.17, 15) is 4.79 Å². The van der Waals surface area contributed by atoms with Gasteiger partial charge in [0.1, 0.15) is 6.10 Å². The van der Waals surface area contributed by atoms with Gasteiger partial charge in [0, 0.05) is 26.2 Å². The average Bonchev–Trinajstić information content (AvgIpc) is 3.24. The third-order valence-corrected chi connectivity index (χ3v) is 5.39. The van der Waals surface area contributed by atoms with Crippen LogP contribution in [0.5, 0.6) is 0 Å². The molecule has 26 heavy (non-hydrogen) atoms. The van der Waals surface area contributed by atoms with Crippen LogP contribution >= 0.6 is 0 Å². The van der Waals surface area contributed by atoms with Crippen molar-refractivity contribution in [1.29, 1.82) is 0 Å². The molecule has 2 fully saturated rings. The van der Waals surface area contributed by atoms with Crippen LogP contribution in [-0.2, 0) is 9.53 Å². The number of likely N-dealkylation sites (tertiary alicyclic amines) is 1. The van der Waals surface area contributed by atoms with Gasteiger partial charge in [0.15, 0.2) is 0 Å². The minimum absolute atomic E-state index is 0.148. The molecule has 0 radical (unpaired) electrons. The fraction of sp³-hybridized carbons (Fsp3) is 0.409. The lowest BCUT2D eigenvalue weighted by Gasteiger charge is -2.39. The Labute approximate surface area is 155 Å². The van der Waals surface area contributed by atoms with E-state index >= 15 is 0 Å². The van der Waals surface area contributed by atoms with Crippen molar-refractivity contribution < 1.29 is 9.53 Å². The van der Waals surface area contributed by atoms with Gasteiger partial charge >= 0.3 is 0 Å². The molecule has 2 aliphatic rings. The zero-order valence-electron chi connectivity index (χ0n) is 15.1. The summed E-state index contributed by atoms with van der Waals surface area (Å²) >= 11 is 0. The predicted octanol–water partition coefficient (Wildman–Crippen LogP) is 3.10. The van der Waals surface area contributed by atoms with Gasteiger partial charge in [-0.05, 0) is 24.0 Å². The van der Waals surface area contributed by atoms with Crippen LogP contribution in [0.1, 0.15) is 30.0 Å². The molecular formula is C22H26N2O2. The fourth-order valence-corrected chi connectivity index (χ4v) is 4.08. The number of rotatable bonds is 4. The van der Waals surface area contributed by atoms with Crippen molar-refractivity contribution >= 4 is 5.91 Å². The average molecular weight is 350 g/mol. The van der Waals surface area contributed by atoms with Crippen LogP contribution in [0.15, 0.2) is 60.7 Å². The molecule has 1 amide bonds. The van der Waals surface area contributed by atoms with E-state index in [4.69, 9.17) is 4.74 Å². The van der Waals surface area contributed by atoms with Crippen LogP contribution in [-0.4, -0.2) is 54.6 Å². The number of nitrogens with zero attached hydrogens (tertiary/aromatic N) is 2. The number of carbonyl (C=O) groups is 1. The van der Waals surface area contributed by atoms with E-state index in [1.54, 1.807) is 0 Å². The van der Waals surface area contributed by atoms with Gasteiger partial charge in [-0.25, -0.2) is 0 Å². The lowest BCUT2D eigenvalue weighted by Crippen LogP contribution is -2.51. The molecule has 0 aliphatic carbocycles. The van der Waals surface area contributed by atoms with E-state index in [1.807, 2.05) is 17.0 Å². The Morgan fingerprint density at radius 1 is 0.885 bits per heavy atom. The molecule has 0 saturated carbocycles. The quantitative estimate of drug-likeness (QED) is 0.849. The lowest BCUT2D eigenvalue weighted by atomic mass is 9.96. The van der Waals surface area contributed by atoms with E-state index in [0.29, 0.717) is 13.2 Å². The van der Waals surface area contributed by atoms with Gasteiger partial charge in [-0.2, -0.15) is 0 Å². The molecule has 4 rings (SSSR count).